The Bertz CT molecular complexity index is 44.8. The molecule has 0 saturated heterocycles. The van der Waals surface area contributed by atoms with Crippen LogP contribution in [0.25, 0.3) is 0 Å². The van der Waals surface area contributed by atoms with E-state index in [1.54, 1.807) is 0 Å². The average molecular weight is 108 g/mol. The number of hydrogen-bond donors (Lipinski definition) is 0. The Labute approximate surface area is 36.6 Å². The number of carbonyl (C=O) groups is 1. The lowest BCUT2D eigenvalue weighted by Gasteiger charge is -1.76. The summed E-state index contributed by atoms with van der Waals surface area (Å²) in [6, 6.07) is 0. The Morgan fingerprint density at radius 2 is 2.50 bits per heavy atom. The molecule has 0 aromatic carbocycles. The number of rotatable bonds is 3. The van der Waals surface area contributed by atoms with Crippen LogP contribution in [0.1, 0.15) is 0 Å². The van der Waals surface area contributed by atoms with Crippen LogP contribution in [0.5, 0.6) is 0 Å². The zero-order valence-electron chi connectivity index (χ0n) is 3.09. The molecule has 0 aromatic heterocycles. The van der Waals surface area contributed by atoms with Crippen molar-refractivity contribution < 1.29 is 13.9 Å². The van der Waals surface area contributed by atoms with E-state index in [1.165, 1.54) is 0 Å². The second-order valence-corrected chi connectivity index (χ2v) is 1.12. The van der Waals surface area contributed by atoms with Gasteiger partial charge in [0, 0.05) is 0 Å². The molecule has 0 amide bonds. The SMILES string of the molecule is O=CCO[PH2]=O. The van der Waals surface area contributed by atoms with E-state index in [0.29, 0.717) is 6.29 Å². The molecule has 0 heterocycles. The molecule has 0 saturated carbocycles. The van der Waals surface area contributed by atoms with Crippen LogP contribution in [0.15, 0.2) is 0 Å². The second-order valence-electron chi connectivity index (χ2n) is 0.596. The minimum atomic E-state index is -1.20. The van der Waals surface area contributed by atoms with Crippen molar-refractivity contribution in [1.29, 1.82) is 0 Å². The molecule has 0 aliphatic heterocycles. The Hall–Kier alpha value is -0.140. The molecule has 0 spiro atoms. The number of aldehydes is 1. The third-order valence-electron chi connectivity index (χ3n) is 0.232. The first-order chi connectivity index (χ1) is 2.91. The van der Waals surface area contributed by atoms with Gasteiger partial charge in [0.1, 0.15) is 12.9 Å². The topological polar surface area (TPSA) is 43.4 Å². The van der Waals surface area contributed by atoms with E-state index in [4.69, 9.17) is 0 Å². The van der Waals surface area contributed by atoms with Crippen molar-refractivity contribution >= 4 is 15.0 Å². The fourth-order valence-electron chi connectivity index (χ4n) is 0.0786. The Morgan fingerprint density at radius 3 is 2.67 bits per heavy atom. The number of carbonyl (C=O) groups excluding carboxylic acids is 1. The highest BCUT2D eigenvalue weighted by molar-refractivity contribution is 7.17. The van der Waals surface area contributed by atoms with Crippen molar-refractivity contribution in [2.45, 2.75) is 0 Å². The van der Waals surface area contributed by atoms with Gasteiger partial charge in [0.05, 0.1) is 0 Å². The van der Waals surface area contributed by atoms with Gasteiger partial charge in [-0.1, -0.05) is 0 Å². The Kier molecular flexibility index (Phi) is 4.75. The molecule has 0 aliphatic rings. The highest BCUT2D eigenvalue weighted by Gasteiger charge is 1.70. The van der Waals surface area contributed by atoms with Crippen LogP contribution in [-0.2, 0) is 13.9 Å². The predicted molar refractivity (Wildman–Crippen MR) is 22.4 cm³/mol. The Balaban J connectivity index is 2.66. The molecule has 1 unspecified atom stereocenters. The van der Waals surface area contributed by atoms with Gasteiger partial charge in [-0.3, -0.25) is 4.57 Å². The zero-order chi connectivity index (χ0) is 4.83. The maximum Gasteiger partial charge on any atom is 0.180 e. The van der Waals surface area contributed by atoms with Crippen LogP contribution in [0.2, 0.25) is 0 Å². The van der Waals surface area contributed by atoms with E-state index >= 15 is 0 Å². The van der Waals surface area contributed by atoms with E-state index in [9.17, 15) is 9.36 Å². The van der Waals surface area contributed by atoms with Crippen LogP contribution in [0.4, 0.5) is 0 Å². The van der Waals surface area contributed by atoms with E-state index in [1.807, 2.05) is 0 Å². The smallest absolute Gasteiger partial charge is 0.180 e. The van der Waals surface area contributed by atoms with E-state index in [0.717, 1.165) is 0 Å². The average Bonchev–Trinajstić information content (AvgIpc) is 1.61. The maximum atomic E-state index is 9.39. The van der Waals surface area contributed by atoms with Crippen LogP contribution in [0, 0.1) is 0 Å². The van der Waals surface area contributed by atoms with Gasteiger partial charge in [-0.15, -0.1) is 0 Å². The maximum absolute atomic E-state index is 9.39. The summed E-state index contributed by atoms with van der Waals surface area (Å²) in [5, 5.41) is 0. The monoisotopic (exact) mass is 108 g/mol. The molecule has 0 fully saturated rings. The van der Waals surface area contributed by atoms with E-state index in [-0.39, 0.29) is 6.61 Å². The van der Waals surface area contributed by atoms with Crippen LogP contribution >= 0.6 is 8.69 Å². The molecule has 0 rings (SSSR count). The van der Waals surface area contributed by atoms with Crippen molar-refractivity contribution in [2.24, 2.45) is 0 Å². The summed E-state index contributed by atoms with van der Waals surface area (Å²) in [5.41, 5.74) is 0. The third kappa shape index (κ3) is 3.86. The summed E-state index contributed by atoms with van der Waals surface area (Å²) >= 11 is 0. The third-order valence-corrected chi connectivity index (χ3v) is 0.561. The highest BCUT2D eigenvalue weighted by atomic mass is 31.1. The van der Waals surface area contributed by atoms with Gasteiger partial charge >= 0.3 is 0 Å². The molecule has 36 valence electrons. The van der Waals surface area contributed by atoms with Crippen molar-refractivity contribution in [2.75, 3.05) is 6.61 Å². The first kappa shape index (κ1) is 5.86. The van der Waals surface area contributed by atoms with E-state index < -0.39 is 8.69 Å². The quantitative estimate of drug-likeness (QED) is 0.287. The lowest BCUT2D eigenvalue weighted by Crippen LogP contribution is -1.79. The molecule has 4 heteroatoms. The molecular formula is C2H5O3P. The molecule has 0 N–H and O–H groups in total. The molecule has 6 heavy (non-hydrogen) atoms. The first-order valence-corrected chi connectivity index (χ1v) is 2.35. The highest BCUT2D eigenvalue weighted by Crippen LogP contribution is 1.88. The zero-order valence-corrected chi connectivity index (χ0v) is 4.24. The predicted octanol–water partition coefficient (Wildman–Crippen LogP) is -0.127. The van der Waals surface area contributed by atoms with Gasteiger partial charge in [-0.25, -0.2) is 0 Å². The molecule has 0 aromatic rings. The molecular weight excluding hydrogens is 103 g/mol. The van der Waals surface area contributed by atoms with Crippen molar-refractivity contribution in [3.8, 4) is 0 Å². The minimum Gasteiger partial charge on any atom is -0.325 e. The number of hydrogen-bond acceptors (Lipinski definition) is 3. The normalized spacial score (nSPS) is 10.0. The summed E-state index contributed by atoms with van der Waals surface area (Å²) < 4.78 is 13.5. The molecule has 1 atom stereocenters. The fourth-order valence-corrected chi connectivity index (χ4v) is 0.236. The van der Waals surface area contributed by atoms with Crippen LogP contribution < -0.4 is 0 Å². The van der Waals surface area contributed by atoms with Gasteiger partial charge in [0.15, 0.2) is 8.69 Å². The lowest BCUT2D eigenvalue weighted by atomic mass is 10.9. The van der Waals surface area contributed by atoms with Crippen molar-refractivity contribution in [1.82, 2.24) is 0 Å². The Morgan fingerprint density at radius 1 is 1.83 bits per heavy atom. The summed E-state index contributed by atoms with van der Waals surface area (Å²) in [5.74, 6) is 0. The van der Waals surface area contributed by atoms with Gasteiger partial charge < -0.3 is 9.32 Å². The molecule has 0 bridgehead atoms. The van der Waals surface area contributed by atoms with Crippen LogP contribution in [-0.4, -0.2) is 12.9 Å². The second kappa shape index (κ2) is 4.86. The first-order valence-electron chi connectivity index (χ1n) is 1.40. The van der Waals surface area contributed by atoms with Crippen LogP contribution in [0.3, 0.4) is 0 Å². The molecule has 3 nitrogen and oxygen atoms in total. The minimum absolute atomic E-state index is 0.0428. The fraction of sp³-hybridized carbons (Fsp3) is 0.500. The van der Waals surface area contributed by atoms with Gasteiger partial charge in [-0.05, 0) is 0 Å². The van der Waals surface area contributed by atoms with E-state index in [2.05, 4.69) is 4.52 Å². The van der Waals surface area contributed by atoms with Crippen molar-refractivity contribution in [3.05, 3.63) is 0 Å². The van der Waals surface area contributed by atoms with Gasteiger partial charge in [0.25, 0.3) is 0 Å². The molecule has 0 radical (unpaired) electrons. The molecule has 0 aliphatic carbocycles. The summed E-state index contributed by atoms with van der Waals surface area (Å²) in [7, 11) is -1.20. The van der Waals surface area contributed by atoms with Gasteiger partial charge in [0.2, 0.25) is 0 Å². The summed E-state index contributed by atoms with van der Waals surface area (Å²) in [6.45, 7) is -0.0428. The van der Waals surface area contributed by atoms with Gasteiger partial charge in [-0.2, -0.15) is 0 Å². The largest absolute Gasteiger partial charge is 0.325 e. The standard InChI is InChI=1S/C2H5O3P/c3-1-2-5-6-4/h1H,2,6H2. The summed E-state index contributed by atoms with van der Waals surface area (Å²) in [6.07, 6.45) is 0.560. The lowest BCUT2D eigenvalue weighted by molar-refractivity contribution is -0.109. The summed E-state index contributed by atoms with van der Waals surface area (Å²) in [4.78, 5) is 9.31. The van der Waals surface area contributed by atoms with Crippen molar-refractivity contribution in [3.63, 3.8) is 0 Å².